The minimum Gasteiger partial charge on any atom is -0.324 e. The van der Waals surface area contributed by atoms with Crippen LogP contribution >= 0.6 is 23.4 Å². The highest BCUT2D eigenvalue weighted by atomic mass is 35.5. The van der Waals surface area contributed by atoms with Crippen molar-refractivity contribution in [2.45, 2.75) is 23.5 Å². The summed E-state index contributed by atoms with van der Waals surface area (Å²) in [5.41, 5.74) is 1.53. The van der Waals surface area contributed by atoms with Gasteiger partial charge in [0.15, 0.2) is 0 Å². The third kappa shape index (κ3) is 5.28. The second-order valence-corrected chi connectivity index (χ2v) is 8.82. The van der Waals surface area contributed by atoms with Gasteiger partial charge in [-0.05, 0) is 37.7 Å². The minimum absolute atomic E-state index is 0.00445. The van der Waals surface area contributed by atoms with Crippen molar-refractivity contribution >= 4 is 46.6 Å². The number of nitrogens with zero attached hydrogens (tertiary/aromatic N) is 2. The Kier molecular flexibility index (Phi) is 6.99. The van der Waals surface area contributed by atoms with Crippen molar-refractivity contribution in [3.63, 3.8) is 0 Å². The van der Waals surface area contributed by atoms with Crippen molar-refractivity contribution in [3.05, 3.63) is 53.6 Å². The number of hydrogen-bond acceptors (Lipinski definition) is 4. The number of carbonyl (C=O) groups is 2. The van der Waals surface area contributed by atoms with Gasteiger partial charge in [-0.25, -0.2) is 0 Å². The predicted octanol–water partition coefficient (Wildman–Crippen LogP) is 4.13. The molecule has 0 saturated heterocycles. The van der Waals surface area contributed by atoms with E-state index in [2.05, 4.69) is 18.3 Å². The second-order valence-electron chi connectivity index (χ2n) is 6.93. The number of rotatable bonds is 5. The number of para-hydroxylation sites is 2. The van der Waals surface area contributed by atoms with E-state index in [1.54, 1.807) is 41.9 Å². The molecule has 2 amide bonds. The van der Waals surface area contributed by atoms with Gasteiger partial charge in [-0.15, -0.1) is 11.8 Å². The van der Waals surface area contributed by atoms with Crippen LogP contribution < -0.4 is 10.2 Å². The molecule has 148 valence electrons. The van der Waals surface area contributed by atoms with Crippen LogP contribution in [0, 0.1) is 0 Å². The molecule has 1 N–H and O–H groups in total. The Balaban J connectivity index is 1.61. The summed E-state index contributed by atoms with van der Waals surface area (Å²) in [6.07, 6.45) is 0.932. The Labute approximate surface area is 175 Å². The van der Waals surface area contributed by atoms with Gasteiger partial charge in [-0.1, -0.05) is 42.8 Å². The molecule has 3 rings (SSSR count). The molecule has 2 aromatic carbocycles. The van der Waals surface area contributed by atoms with E-state index < -0.39 is 0 Å². The normalized spacial score (nSPS) is 16.4. The summed E-state index contributed by atoms with van der Waals surface area (Å²) in [6, 6.07) is 15.1. The zero-order valence-electron chi connectivity index (χ0n) is 16.0. The Morgan fingerprint density at radius 2 is 1.89 bits per heavy atom. The van der Waals surface area contributed by atoms with Gasteiger partial charge in [0.05, 0.1) is 29.5 Å². The lowest BCUT2D eigenvalue weighted by molar-refractivity contribution is -0.121. The fourth-order valence-corrected chi connectivity index (χ4v) is 4.41. The van der Waals surface area contributed by atoms with Gasteiger partial charge < -0.3 is 10.2 Å². The molecule has 0 bridgehead atoms. The highest BCUT2D eigenvalue weighted by molar-refractivity contribution is 8.00. The average Bonchev–Trinajstić information content (AvgIpc) is 2.81. The Hall–Kier alpha value is -2.02. The molecule has 0 fully saturated rings. The molecular formula is C21H24ClN3O2S. The SMILES string of the molecule is C[C@H]1CCN(C(=O)CN(C)CC(=O)Nc2ccccc2Cl)c2ccccc2S1. The van der Waals surface area contributed by atoms with Crippen molar-refractivity contribution in [3.8, 4) is 0 Å². The molecule has 0 aromatic heterocycles. The van der Waals surface area contributed by atoms with Crippen LogP contribution in [0.4, 0.5) is 11.4 Å². The van der Waals surface area contributed by atoms with Gasteiger partial charge in [0.1, 0.15) is 0 Å². The fourth-order valence-electron chi connectivity index (χ4n) is 3.12. The van der Waals surface area contributed by atoms with E-state index in [0.29, 0.717) is 22.5 Å². The van der Waals surface area contributed by atoms with Gasteiger partial charge in [0.25, 0.3) is 0 Å². The molecule has 2 aromatic rings. The van der Waals surface area contributed by atoms with Crippen LogP contribution in [0.5, 0.6) is 0 Å². The van der Waals surface area contributed by atoms with E-state index in [1.165, 1.54) is 0 Å². The van der Waals surface area contributed by atoms with Gasteiger partial charge in [-0.2, -0.15) is 0 Å². The zero-order chi connectivity index (χ0) is 20.1. The third-order valence-electron chi connectivity index (χ3n) is 4.51. The quantitative estimate of drug-likeness (QED) is 0.794. The maximum atomic E-state index is 12.9. The summed E-state index contributed by atoms with van der Waals surface area (Å²) < 4.78 is 0. The van der Waals surface area contributed by atoms with E-state index >= 15 is 0 Å². The fraction of sp³-hybridized carbons (Fsp3) is 0.333. The van der Waals surface area contributed by atoms with Gasteiger partial charge in [-0.3, -0.25) is 14.5 Å². The summed E-state index contributed by atoms with van der Waals surface area (Å²) in [5, 5.41) is 3.73. The minimum atomic E-state index is -0.205. The predicted molar refractivity (Wildman–Crippen MR) is 116 cm³/mol. The maximum absolute atomic E-state index is 12.9. The molecule has 0 spiro atoms. The lowest BCUT2D eigenvalue weighted by Crippen LogP contribution is -2.42. The summed E-state index contributed by atoms with van der Waals surface area (Å²) in [4.78, 5) is 29.9. The molecule has 0 radical (unpaired) electrons. The number of carbonyl (C=O) groups excluding carboxylic acids is 2. The van der Waals surface area contributed by atoms with Crippen LogP contribution in [0.15, 0.2) is 53.4 Å². The van der Waals surface area contributed by atoms with Crippen molar-refractivity contribution in [1.82, 2.24) is 4.90 Å². The van der Waals surface area contributed by atoms with Crippen molar-refractivity contribution in [1.29, 1.82) is 0 Å². The highest BCUT2D eigenvalue weighted by Gasteiger charge is 2.25. The number of fused-ring (bicyclic) bond motifs is 1. The lowest BCUT2D eigenvalue weighted by Gasteiger charge is -2.25. The molecule has 5 nitrogen and oxygen atoms in total. The Morgan fingerprint density at radius 1 is 1.18 bits per heavy atom. The first kappa shape index (κ1) is 20.7. The zero-order valence-corrected chi connectivity index (χ0v) is 17.6. The second kappa shape index (κ2) is 9.45. The third-order valence-corrected chi connectivity index (χ3v) is 6.08. The number of anilines is 2. The largest absolute Gasteiger partial charge is 0.324 e. The standard InChI is InChI=1S/C21H24ClN3O2S/c1-15-11-12-25(18-9-5-6-10-19(18)28-15)21(27)14-24(2)13-20(26)23-17-8-4-3-7-16(17)22/h3-10,15H,11-14H2,1-2H3,(H,23,26)/t15-/m0/s1. The van der Waals surface area contributed by atoms with Crippen LogP contribution in [0.1, 0.15) is 13.3 Å². The van der Waals surface area contributed by atoms with Crippen LogP contribution in [-0.4, -0.2) is 48.6 Å². The number of halogens is 1. The van der Waals surface area contributed by atoms with E-state index in [9.17, 15) is 9.59 Å². The summed E-state index contributed by atoms with van der Waals surface area (Å²) in [5.74, 6) is -0.209. The molecule has 0 saturated carbocycles. The molecular weight excluding hydrogens is 394 g/mol. The number of nitrogens with one attached hydrogen (secondary N) is 1. The smallest absolute Gasteiger partial charge is 0.241 e. The van der Waals surface area contributed by atoms with E-state index in [1.807, 2.05) is 29.2 Å². The van der Waals surface area contributed by atoms with E-state index in [-0.39, 0.29) is 24.9 Å². The summed E-state index contributed by atoms with van der Waals surface area (Å²) in [6.45, 7) is 3.14. The number of thioether (sulfide) groups is 1. The Morgan fingerprint density at radius 3 is 2.68 bits per heavy atom. The van der Waals surface area contributed by atoms with E-state index in [0.717, 1.165) is 17.0 Å². The molecule has 1 aliphatic rings. The lowest BCUT2D eigenvalue weighted by atomic mass is 10.2. The maximum Gasteiger partial charge on any atom is 0.241 e. The molecule has 7 heteroatoms. The van der Waals surface area contributed by atoms with Crippen LogP contribution in [0.25, 0.3) is 0 Å². The number of amides is 2. The van der Waals surface area contributed by atoms with Gasteiger partial charge in [0.2, 0.25) is 11.8 Å². The van der Waals surface area contributed by atoms with Crippen molar-refractivity contribution in [2.75, 3.05) is 36.9 Å². The van der Waals surface area contributed by atoms with Crippen LogP contribution in [-0.2, 0) is 9.59 Å². The Bertz CT molecular complexity index is 861. The average molecular weight is 418 g/mol. The van der Waals surface area contributed by atoms with Crippen molar-refractivity contribution in [2.24, 2.45) is 0 Å². The first-order valence-electron chi connectivity index (χ1n) is 9.23. The molecule has 1 atom stereocenters. The topological polar surface area (TPSA) is 52.7 Å². The number of hydrogen-bond donors (Lipinski definition) is 1. The monoisotopic (exact) mass is 417 g/mol. The first-order valence-corrected chi connectivity index (χ1v) is 10.5. The summed E-state index contributed by atoms with van der Waals surface area (Å²) >= 11 is 7.88. The molecule has 1 heterocycles. The molecule has 1 aliphatic heterocycles. The molecule has 0 aliphatic carbocycles. The highest BCUT2D eigenvalue weighted by Crippen LogP contribution is 2.37. The number of benzene rings is 2. The van der Waals surface area contributed by atoms with Crippen molar-refractivity contribution < 1.29 is 9.59 Å². The molecule has 0 unspecified atom stereocenters. The van der Waals surface area contributed by atoms with Crippen LogP contribution in [0.3, 0.4) is 0 Å². The first-order chi connectivity index (χ1) is 13.4. The van der Waals surface area contributed by atoms with Crippen LogP contribution in [0.2, 0.25) is 5.02 Å². The van der Waals surface area contributed by atoms with Gasteiger partial charge >= 0.3 is 0 Å². The summed E-state index contributed by atoms with van der Waals surface area (Å²) in [7, 11) is 1.77. The van der Waals surface area contributed by atoms with Gasteiger partial charge in [0, 0.05) is 16.7 Å². The molecule has 28 heavy (non-hydrogen) atoms. The number of likely N-dealkylation sites (N-methyl/N-ethyl adjacent to an activating group) is 1. The van der Waals surface area contributed by atoms with E-state index in [4.69, 9.17) is 11.6 Å².